The summed E-state index contributed by atoms with van der Waals surface area (Å²) < 4.78 is 0. The SMILES string of the molecule is CCCCc1ccc(CC(=O)NC(C)(C)CCO)cc1. The van der Waals surface area contributed by atoms with Crippen molar-refractivity contribution < 1.29 is 9.90 Å². The number of unbranched alkanes of at least 4 members (excludes halogenated alkanes) is 1. The molecule has 112 valence electrons. The third-order valence-corrected chi connectivity index (χ3v) is 3.42. The molecule has 1 aromatic rings. The Morgan fingerprint density at radius 2 is 1.80 bits per heavy atom. The van der Waals surface area contributed by atoms with Crippen LogP contribution in [0.5, 0.6) is 0 Å². The van der Waals surface area contributed by atoms with Gasteiger partial charge in [0.2, 0.25) is 5.91 Å². The first-order valence-electron chi connectivity index (χ1n) is 7.46. The number of nitrogens with one attached hydrogen (secondary N) is 1. The summed E-state index contributed by atoms with van der Waals surface area (Å²) in [6, 6.07) is 8.28. The van der Waals surface area contributed by atoms with E-state index in [0.717, 1.165) is 12.0 Å². The van der Waals surface area contributed by atoms with Gasteiger partial charge in [0, 0.05) is 12.1 Å². The van der Waals surface area contributed by atoms with Gasteiger partial charge in [0.25, 0.3) is 0 Å². The number of carbonyl (C=O) groups excluding carboxylic acids is 1. The van der Waals surface area contributed by atoms with Crippen LogP contribution in [0.4, 0.5) is 0 Å². The highest BCUT2D eigenvalue weighted by molar-refractivity contribution is 5.79. The van der Waals surface area contributed by atoms with Gasteiger partial charge in [-0.15, -0.1) is 0 Å². The van der Waals surface area contributed by atoms with Crippen molar-refractivity contribution in [3.63, 3.8) is 0 Å². The van der Waals surface area contributed by atoms with E-state index in [1.54, 1.807) is 0 Å². The fraction of sp³-hybridized carbons (Fsp3) is 0.588. The van der Waals surface area contributed by atoms with Crippen molar-refractivity contribution in [1.29, 1.82) is 0 Å². The number of aliphatic hydroxyl groups is 1. The summed E-state index contributed by atoms with van der Waals surface area (Å²) in [5.74, 6) is 0.00441. The second-order valence-electron chi connectivity index (χ2n) is 6.00. The Bertz CT molecular complexity index is 410. The number of hydrogen-bond donors (Lipinski definition) is 2. The number of aliphatic hydroxyl groups excluding tert-OH is 1. The standard InChI is InChI=1S/C17H27NO2/c1-4-5-6-14-7-9-15(10-8-14)13-16(20)18-17(2,3)11-12-19/h7-10,19H,4-6,11-13H2,1-3H3,(H,18,20). The number of rotatable bonds is 8. The summed E-state index contributed by atoms with van der Waals surface area (Å²) in [5.41, 5.74) is 2.01. The minimum atomic E-state index is -0.354. The van der Waals surface area contributed by atoms with E-state index in [2.05, 4.69) is 24.4 Å². The maximum Gasteiger partial charge on any atom is 0.224 e. The van der Waals surface area contributed by atoms with Crippen LogP contribution in [-0.2, 0) is 17.6 Å². The molecule has 0 radical (unpaired) electrons. The zero-order valence-corrected chi connectivity index (χ0v) is 12.9. The minimum Gasteiger partial charge on any atom is -0.396 e. The molecule has 0 saturated heterocycles. The first-order valence-corrected chi connectivity index (χ1v) is 7.46. The molecule has 1 amide bonds. The molecule has 3 nitrogen and oxygen atoms in total. The van der Waals surface area contributed by atoms with Crippen LogP contribution in [0.2, 0.25) is 0 Å². The summed E-state index contributed by atoms with van der Waals surface area (Å²) >= 11 is 0. The predicted octanol–water partition coefficient (Wildman–Crippen LogP) is 2.85. The van der Waals surface area contributed by atoms with Crippen LogP contribution in [0.25, 0.3) is 0 Å². The molecule has 0 bridgehead atoms. The maximum absolute atomic E-state index is 12.0. The maximum atomic E-state index is 12.0. The monoisotopic (exact) mass is 277 g/mol. The molecule has 0 aliphatic rings. The third-order valence-electron chi connectivity index (χ3n) is 3.42. The third kappa shape index (κ3) is 6.20. The van der Waals surface area contributed by atoms with Crippen LogP contribution < -0.4 is 5.32 Å². The molecular formula is C17H27NO2. The van der Waals surface area contributed by atoms with Gasteiger partial charge in [0.15, 0.2) is 0 Å². The Kier molecular flexibility index (Phi) is 6.73. The van der Waals surface area contributed by atoms with E-state index < -0.39 is 0 Å². The first kappa shape index (κ1) is 16.7. The average molecular weight is 277 g/mol. The smallest absolute Gasteiger partial charge is 0.224 e. The van der Waals surface area contributed by atoms with Gasteiger partial charge in [0.1, 0.15) is 0 Å². The van der Waals surface area contributed by atoms with Crippen molar-refractivity contribution >= 4 is 5.91 Å². The Morgan fingerprint density at radius 3 is 2.35 bits per heavy atom. The molecule has 0 heterocycles. The van der Waals surface area contributed by atoms with Crippen molar-refractivity contribution in [2.45, 2.75) is 58.4 Å². The zero-order chi connectivity index (χ0) is 15.0. The van der Waals surface area contributed by atoms with E-state index in [9.17, 15) is 4.79 Å². The van der Waals surface area contributed by atoms with Crippen molar-refractivity contribution in [3.05, 3.63) is 35.4 Å². The fourth-order valence-electron chi connectivity index (χ4n) is 2.15. The first-order chi connectivity index (χ1) is 9.46. The number of carbonyl (C=O) groups is 1. The van der Waals surface area contributed by atoms with Gasteiger partial charge in [-0.25, -0.2) is 0 Å². The lowest BCUT2D eigenvalue weighted by Gasteiger charge is -2.25. The van der Waals surface area contributed by atoms with Crippen LogP contribution >= 0.6 is 0 Å². The van der Waals surface area contributed by atoms with E-state index in [1.165, 1.54) is 18.4 Å². The summed E-state index contributed by atoms with van der Waals surface area (Å²) in [6.07, 6.45) is 4.46. The summed E-state index contributed by atoms with van der Waals surface area (Å²) in [6.45, 7) is 6.12. The van der Waals surface area contributed by atoms with E-state index in [-0.39, 0.29) is 18.1 Å². The summed E-state index contributed by atoms with van der Waals surface area (Å²) in [7, 11) is 0. The highest BCUT2D eigenvalue weighted by Crippen LogP contribution is 2.11. The number of benzene rings is 1. The van der Waals surface area contributed by atoms with E-state index in [0.29, 0.717) is 12.8 Å². The Balaban J connectivity index is 2.49. The second-order valence-corrected chi connectivity index (χ2v) is 6.00. The topological polar surface area (TPSA) is 49.3 Å². The molecule has 0 fully saturated rings. The van der Waals surface area contributed by atoms with E-state index >= 15 is 0 Å². The zero-order valence-electron chi connectivity index (χ0n) is 12.9. The van der Waals surface area contributed by atoms with Crippen LogP contribution in [0.1, 0.15) is 51.2 Å². The highest BCUT2D eigenvalue weighted by Gasteiger charge is 2.19. The lowest BCUT2D eigenvalue weighted by Crippen LogP contribution is -2.44. The summed E-state index contributed by atoms with van der Waals surface area (Å²) in [4.78, 5) is 12.0. The van der Waals surface area contributed by atoms with Gasteiger partial charge in [-0.3, -0.25) is 4.79 Å². The van der Waals surface area contributed by atoms with Gasteiger partial charge in [-0.05, 0) is 44.2 Å². The largest absolute Gasteiger partial charge is 0.396 e. The molecule has 0 spiro atoms. The molecule has 0 atom stereocenters. The average Bonchev–Trinajstić information content (AvgIpc) is 2.37. The molecular weight excluding hydrogens is 250 g/mol. The lowest BCUT2D eigenvalue weighted by molar-refractivity contribution is -0.122. The fourth-order valence-corrected chi connectivity index (χ4v) is 2.15. The van der Waals surface area contributed by atoms with Gasteiger partial charge < -0.3 is 10.4 Å². The second kappa shape index (κ2) is 8.05. The normalized spacial score (nSPS) is 11.4. The number of amides is 1. The molecule has 0 aliphatic heterocycles. The molecule has 0 unspecified atom stereocenters. The lowest BCUT2D eigenvalue weighted by atomic mass is 10.00. The predicted molar refractivity (Wildman–Crippen MR) is 82.7 cm³/mol. The molecule has 1 rings (SSSR count). The quantitative estimate of drug-likeness (QED) is 0.767. The molecule has 1 aromatic carbocycles. The molecule has 20 heavy (non-hydrogen) atoms. The number of aryl methyl sites for hydroxylation is 1. The van der Waals surface area contributed by atoms with E-state index in [1.807, 2.05) is 26.0 Å². The molecule has 0 aliphatic carbocycles. The van der Waals surface area contributed by atoms with Crippen molar-refractivity contribution in [2.24, 2.45) is 0 Å². The molecule has 3 heteroatoms. The molecule has 0 saturated carbocycles. The van der Waals surface area contributed by atoms with E-state index in [4.69, 9.17) is 5.11 Å². The van der Waals surface area contributed by atoms with Crippen LogP contribution in [-0.4, -0.2) is 23.2 Å². The van der Waals surface area contributed by atoms with Crippen molar-refractivity contribution in [2.75, 3.05) is 6.61 Å². The van der Waals surface area contributed by atoms with Crippen LogP contribution in [0, 0.1) is 0 Å². The molecule has 2 N–H and O–H groups in total. The van der Waals surface area contributed by atoms with Crippen LogP contribution in [0.3, 0.4) is 0 Å². The number of hydrogen-bond acceptors (Lipinski definition) is 2. The Morgan fingerprint density at radius 1 is 1.20 bits per heavy atom. The minimum absolute atomic E-state index is 0.00441. The Hall–Kier alpha value is -1.35. The van der Waals surface area contributed by atoms with Gasteiger partial charge in [-0.1, -0.05) is 37.6 Å². The highest BCUT2D eigenvalue weighted by atomic mass is 16.3. The van der Waals surface area contributed by atoms with Gasteiger partial charge >= 0.3 is 0 Å². The van der Waals surface area contributed by atoms with Crippen molar-refractivity contribution in [3.8, 4) is 0 Å². The summed E-state index contributed by atoms with van der Waals surface area (Å²) in [5, 5.41) is 11.9. The van der Waals surface area contributed by atoms with Gasteiger partial charge in [-0.2, -0.15) is 0 Å². The van der Waals surface area contributed by atoms with Gasteiger partial charge in [0.05, 0.1) is 6.42 Å². The van der Waals surface area contributed by atoms with Crippen LogP contribution in [0.15, 0.2) is 24.3 Å². The van der Waals surface area contributed by atoms with Crippen molar-refractivity contribution in [1.82, 2.24) is 5.32 Å². The Labute approximate surface area is 122 Å². The molecule has 0 aromatic heterocycles.